The zero-order valence-electron chi connectivity index (χ0n) is 12.8. The van der Waals surface area contributed by atoms with E-state index in [-0.39, 0.29) is 5.89 Å². The summed E-state index contributed by atoms with van der Waals surface area (Å²) in [5.74, 6) is -4.13. The lowest BCUT2D eigenvalue weighted by atomic mass is 10.1. The minimum Gasteiger partial charge on any atom is -0.487 e. The van der Waals surface area contributed by atoms with Crippen LogP contribution in [0.1, 0.15) is 22.4 Å². The van der Waals surface area contributed by atoms with Gasteiger partial charge in [-0.1, -0.05) is 0 Å². The normalized spacial score (nSPS) is 12.2. The summed E-state index contributed by atoms with van der Waals surface area (Å²) in [6.07, 6.45) is 0.244. The predicted octanol–water partition coefficient (Wildman–Crippen LogP) is 3.05. The Morgan fingerprint density at radius 2 is 2.23 bits per heavy atom. The van der Waals surface area contributed by atoms with E-state index in [1.165, 1.54) is 11.3 Å². The maximum Gasteiger partial charge on any atom is 0.254 e. The largest absolute Gasteiger partial charge is 0.487 e. The fourth-order valence-electron chi connectivity index (χ4n) is 2.06. The van der Waals surface area contributed by atoms with Gasteiger partial charge in [-0.2, -0.15) is 0 Å². The molecule has 11 heteroatoms. The second kappa shape index (κ2) is 7.48. The standard InChI is InChI=1S/C15H10BrF2N3O4S/c16-13-12(9-3-20-5-26-9)21-15(25-13)7(22)4-24-8-2-1-6(17)10(11(8)18)14(19)23/h1-3,5,7,22H,4H2,(H2,19,23). The lowest BCUT2D eigenvalue weighted by molar-refractivity contribution is 0.0811. The molecule has 0 bridgehead atoms. The van der Waals surface area contributed by atoms with E-state index in [0.29, 0.717) is 10.4 Å². The number of hydrogen-bond donors (Lipinski definition) is 2. The lowest BCUT2D eigenvalue weighted by Gasteiger charge is -2.11. The number of carbonyl (C=O) groups excluding carboxylic acids is 1. The molecule has 0 spiro atoms. The molecule has 26 heavy (non-hydrogen) atoms. The van der Waals surface area contributed by atoms with E-state index in [9.17, 15) is 18.7 Å². The first-order valence-electron chi connectivity index (χ1n) is 7.02. The molecule has 0 saturated carbocycles. The monoisotopic (exact) mass is 445 g/mol. The van der Waals surface area contributed by atoms with Crippen molar-refractivity contribution in [3.63, 3.8) is 0 Å². The molecule has 1 unspecified atom stereocenters. The summed E-state index contributed by atoms with van der Waals surface area (Å²) in [6, 6.07) is 1.83. The fraction of sp³-hybridized carbons (Fsp3) is 0.133. The van der Waals surface area contributed by atoms with Crippen molar-refractivity contribution in [3.05, 3.63) is 51.6 Å². The maximum absolute atomic E-state index is 14.1. The number of hydrogen-bond acceptors (Lipinski definition) is 7. The third-order valence-corrected chi connectivity index (χ3v) is 4.57. The number of benzene rings is 1. The van der Waals surface area contributed by atoms with Crippen LogP contribution in [-0.2, 0) is 0 Å². The van der Waals surface area contributed by atoms with Crippen molar-refractivity contribution in [1.29, 1.82) is 0 Å². The Hall–Kier alpha value is -2.37. The quantitative estimate of drug-likeness (QED) is 0.602. The minimum atomic E-state index is -1.34. The Balaban J connectivity index is 1.76. The molecule has 1 atom stereocenters. The summed E-state index contributed by atoms with van der Waals surface area (Å²) in [5.41, 5.74) is 6.09. The second-order valence-corrected chi connectivity index (χ2v) is 6.57. The van der Waals surface area contributed by atoms with E-state index in [4.69, 9.17) is 14.9 Å². The number of ether oxygens (including phenoxy) is 1. The van der Waals surface area contributed by atoms with Crippen molar-refractivity contribution in [1.82, 2.24) is 9.97 Å². The number of aromatic nitrogens is 2. The Morgan fingerprint density at radius 3 is 2.88 bits per heavy atom. The first kappa shape index (κ1) is 18.4. The number of thiazole rings is 1. The van der Waals surface area contributed by atoms with Crippen molar-refractivity contribution < 1.29 is 27.8 Å². The molecule has 0 saturated heterocycles. The van der Waals surface area contributed by atoms with Gasteiger partial charge in [0.15, 0.2) is 22.3 Å². The predicted molar refractivity (Wildman–Crippen MR) is 90.6 cm³/mol. The number of carbonyl (C=O) groups is 1. The zero-order chi connectivity index (χ0) is 18.8. The van der Waals surface area contributed by atoms with Gasteiger partial charge in [-0.3, -0.25) is 9.78 Å². The Labute approximate surface area is 157 Å². The molecule has 3 rings (SSSR count). The molecule has 136 valence electrons. The van der Waals surface area contributed by atoms with Gasteiger partial charge >= 0.3 is 0 Å². The molecule has 7 nitrogen and oxygen atoms in total. The lowest BCUT2D eigenvalue weighted by Crippen LogP contribution is -2.17. The van der Waals surface area contributed by atoms with Crippen LogP contribution in [0.5, 0.6) is 5.75 Å². The molecular formula is C15H10BrF2N3O4S. The van der Waals surface area contributed by atoms with Crippen LogP contribution in [0.2, 0.25) is 0 Å². The molecule has 3 N–H and O–H groups in total. The number of aliphatic hydroxyl groups excluding tert-OH is 1. The minimum absolute atomic E-state index is 0.0714. The van der Waals surface area contributed by atoms with Gasteiger partial charge in [-0.25, -0.2) is 13.8 Å². The third kappa shape index (κ3) is 3.59. The van der Waals surface area contributed by atoms with Crippen molar-refractivity contribution in [2.75, 3.05) is 6.61 Å². The van der Waals surface area contributed by atoms with Gasteiger partial charge < -0.3 is 20.0 Å². The second-order valence-electron chi connectivity index (χ2n) is 4.97. The van der Waals surface area contributed by atoms with Crippen molar-refractivity contribution in [2.45, 2.75) is 6.10 Å². The third-order valence-electron chi connectivity index (χ3n) is 3.25. The molecule has 1 amide bonds. The maximum atomic E-state index is 14.1. The number of oxazole rings is 1. The highest BCUT2D eigenvalue weighted by atomic mass is 79.9. The molecule has 0 aliphatic heterocycles. The number of rotatable bonds is 6. The molecule has 0 aliphatic carbocycles. The molecule has 0 radical (unpaired) electrons. The van der Waals surface area contributed by atoms with E-state index in [0.717, 1.165) is 17.0 Å². The smallest absolute Gasteiger partial charge is 0.254 e. The van der Waals surface area contributed by atoms with Crippen molar-refractivity contribution in [3.8, 4) is 16.3 Å². The van der Waals surface area contributed by atoms with Gasteiger partial charge in [0.1, 0.15) is 23.7 Å². The van der Waals surface area contributed by atoms with E-state index in [1.54, 1.807) is 11.7 Å². The van der Waals surface area contributed by atoms with Gasteiger partial charge in [-0.05, 0) is 28.1 Å². The number of nitrogens with zero attached hydrogens (tertiary/aromatic N) is 2. The highest BCUT2D eigenvalue weighted by molar-refractivity contribution is 9.10. The molecular weight excluding hydrogens is 436 g/mol. The van der Waals surface area contributed by atoms with Crippen LogP contribution >= 0.6 is 27.3 Å². The summed E-state index contributed by atoms with van der Waals surface area (Å²) in [5, 5.41) is 10.1. The van der Waals surface area contributed by atoms with Crippen LogP contribution in [0, 0.1) is 11.6 Å². The van der Waals surface area contributed by atoms with Crippen LogP contribution in [0.25, 0.3) is 10.6 Å². The van der Waals surface area contributed by atoms with Crippen LogP contribution in [0.3, 0.4) is 0 Å². The van der Waals surface area contributed by atoms with E-state index >= 15 is 0 Å². The first-order chi connectivity index (χ1) is 12.4. The van der Waals surface area contributed by atoms with Crippen LogP contribution in [-0.4, -0.2) is 27.6 Å². The van der Waals surface area contributed by atoms with Gasteiger partial charge in [0, 0.05) is 6.20 Å². The topological polar surface area (TPSA) is 111 Å². The zero-order valence-corrected chi connectivity index (χ0v) is 15.2. The number of amides is 1. The highest BCUT2D eigenvalue weighted by Crippen LogP contribution is 2.33. The summed E-state index contributed by atoms with van der Waals surface area (Å²) in [6.45, 7) is -0.449. The summed E-state index contributed by atoms with van der Waals surface area (Å²) in [4.78, 5) is 19.9. The number of primary amides is 1. The number of nitrogens with two attached hydrogens (primary N) is 1. The first-order valence-corrected chi connectivity index (χ1v) is 8.69. The fourth-order valence-corrected chi connectivity index (χ4v) is 3.26. The Morgan fingerprint density at radius 1 is 1.46 bits per heavy atom. The van der Waals surface area contributed by atoms with Gasteiger partial charge in [0.25, 0.3) is 5.91 Å². The molecule has 1 aromatic carbocycles. The average Bonchev–Trinajstić information content (AvgIpc) is 3.22. The summed E-state index contributed by atoms with van der Waals surface area (Å²) in [7, 11) is 0. The molecule has 2 heterocycles. The van der Waals surface area contributed by atoms with Crippen molar-refractivity contribution >= 4 is 33.2 Å². The van der Waals surface area contributed by atoms with Crippen LogP contribution in [0.15, 0.2) is 32.9 Å². The highest BCUT2D eigenvalue weighted by Gasteiger charge is 2.23. The summed E-state index contributed by atoms with van der Waals surface area (Å²) >= 11 is 4.52. The molecule has 3 aromatic rings. The number of aliphatic hydroxyl groups is 1. The average molecular weight is 446 g/mol. The number of halogens is 3. The summed E-state index contributed by atoms with van der Waals surface area (Å²) < 4.78 is 38.3. The Kier molecular flexibility index (Phi) is 5.30. The van der Waals surface area contributed by atoms with Crippen molar-refractivity contribution in [2.24, 2.45) is 5.73 Å². The van der Waals surface area contributed by atoms with Gasteiger partial charge in [0.05, 0.1) is 10.4 Å². The van der Waals surface area contributed by atoms with Crippen LogP contribution in [0.4, 0.5) is 8.78 Å². The molecule has 2 aromatic heterocycles. The molecule has 0 aliphatic rings. The van der Waals surface area contributed by atoms with Crippen LogP contribution < -0.4 is 10.5 Å². The van der Waals surface area contributed by atoms with E-state index < -0.39 is 41.6 Å². The van der Waals surface area contributed by atoms with Gasteiger partial charge in [-0.15, -0.1) is 11.3 Å². The Bertz CT molecular complexity index is 949. The van der Waals surface area contributed by atoms with Gasteiger partial charge in [0.2, 0.25) is 5.89 Å². The SMILES string of the molecule is NC(=O)c1c(F)ccc(OCC(O)c2nc(-c3cncs3)c(Br)o2)c1F. The molecule has 0 fully saturated rings. The van der Waals surface area contributed by atoms with E-state index in [1.807, 2.05) is 0 Å². The van der Waals surface area contributed by atoms with E-state index in [2.05, 4.69) is 25.9 Å².